The average molecular weight is 273 g/mol. The molecule has 1 unspecified atom stereocenters. The third kappa shape index (κ3) is 2.38. The number of aromatic nitrogens is 2. The largest absolute Gasteiger partial charge is 0.331 e. The number of H-pyrrole nitrogens is 1. The van der Waals surface area contributed by atoms with Gasteiger partial charge in [0.25, 0.3) is 0 Å². The average Bonchev–Trinajstić information content (AvgIpc) is 2.56. The summed E-state index contributed by atoms with van der Waals surface area (Å²) in [5.74, 6) is 0.0884. The summed E-state index contributed by atoms with van der Waals surface area (Å²) in [6, 6.07) is 3.02. The zero-order valence-corrected chi connectivity index (χ0v) is 11.3. The van der Waals surface area contributed by atoms with Gasteiger partial charge >= 0.3 is 0 Å². The zero-order valence-electron chi connectivity index (χ0n) is 9.76. The smallest absolute Gasteiger partial charge is 0.178 e. The fraction of sp³-hybridized carbons (Fsp3) is 0.417. The fourth-order valence-corrected chi connectivity index (χ4v) is 2.22. The second-order valence-corrected chi connectivity index (χ2v) is 5.13. The molecule has 0 amide bonds. The maximum absolute atomic E-state index is 13.5. The Morgan fingerprint density at radius 2 is 2.24 bits per heavy atom. The lowest BCUT2D eigenvalue weighted by Crippen LogP contribution is -2.06. The molecule has 1 aromatic heterocycles. The predicted octanol–water partition coefficient (Wildman–Crippen LogP) is 4.54. The zero-order chi connectivity index (χ0) is 12.6. The van der Waals surface area contributed by atoms with E-state index in [4.69, 9.17) is 23.8 Å². The van der Waals surface area contributed by atoms with Gasteiger partial charge in [-0.15, -0.1) is 0 Å². The van der Waals surface area contributed by atoms with Crippen molar-refractivity contribution >= 4 is 34.9 Å². The molecule has 5 heteroatoms. The first-order chi connectivity index (χ1) is 8.02. The number of nitrogens with one attached hydrogen (secondary N) is 1. The van der Waals surface area contributed by atoms with E-state index >= 15 is 0 Å². The molecule has 1 heterocycles. The molecule has 2 rings (SSSR count). The van der Waals surface area contributed by atoms with Gasteiger partial charge in [0.15, 0.2) is 4.77 Å². The number of aromatic amines is 1. The maximum Gasteiger partial charge on any atom is 0.178 e. The molecule has 2 nitrogen and oxygen atoms in total. The summed E-state index contributed by atoms with van der Waals surface area (Å²) in [5, 5.41) is 0.115. The highest BCUT2D eigenvalue weighted by Gasteiger charge is 2.10. The first-order valence-corrected chi connectivity index (χ1v) is 6.39. The molecule has 92 valence electrons. The number of halogens is 2. The van der Waals surface area contributed by atoms with E-state index in [9.17, 15) is 4.39 Å². The van der Waals surface area contributed by atoms with Crippen LogP contribution < -0.4 is 0 Å². The highest BCUT2D eigenvalue weighted by molar-refractivity contribution is 7.71. The van der Waals surface area contributed by atoms with E-state index in [-0.39, 0.29) is 5.02 Å². The molecule has 0 spiro atoms. The third-order valence-corrected chi connectivity index (χ3v) is 3.62. The minimum Gasteiger partial charge on any atom is -0.331 e. The number of hydrogen-bond donors (Lipinski definition) is 1. The minimum atomic E-state index is -0.411. The summed E-state index contributed by atoms with van der Waals surface area (Å²) in [6.07, 6.45) is 1.06. The number of fused-ring (bicyclic) bond motifs is 1. The molecular weight excluding hydrogens is 259 g/mol. The van der Waals surface area contributed by atoms with Crippen LogP contribution in [0.25, 0.3) is 11.0 Å². The Hall–Kier alpha value is -0.870. The van der Waals surface area contributed by atoms with E-state index in [2.05, 4.69) is 18.8 Å². The molecule has 0 radical (unpaired) electrons. The van der Waals surface area contributed by atoms with Crippen molar-refractivity contribution in [3.05, 3.63) is 27.7 Å². The summed E-state index contributed by atoms with van der Waals surface area (Å²) in [5.41, 5.74) is 1.56. The van der Waals surface area contributed by atoms with Gasteiger partial charge in [-0.2, -0.15) is 0 Å². The summed E-state index contributed by atoms with van der Waals surface area (Å²) >= 11 is 11.0. The summed E-state index contributed by atoms with van der Waals surface area (Å²) in [4.78, 5) is 3.05. The molecule has 0 saturated carbocycles. The Morgan fingerprint density at radius 1 is 1.53 bits per heavy atom. The molecule has 0 fully saturated rings. The molecule has 1 atom stereocenters. The van der Waals surface area contributed by atoms with E-state index in [0.29, 0.717) is 10.7 Å². The van der Waals surface area contributed by atoms with Crippen LogP contribution in [0.15, 0.2) is 12.1 Å². The number of hydrogen-bond acceptors (Lipinski definition) is 1. The lowest BCUT2D eigenvalue weighted by molar-refractivity contribution is 0.472. The highest BCUT2D eigenvalue weighted by atomic mass is 35.5. The van der Waals surface area contributed by atoms with Crippen molar-refractivity contribution in [2.24, 2.45) is 5.92 Å². The first-order valence-electron chi connectivity index (χ1n) is 5.60. The van der Waals surface area contributed by atoms with E-state index in [1.807, 2.05) is 4.57 Å². The Kier molecular flexibility index (Phi) is 3.54. The van der Waals surface area contributed by atoms with Gasteiger partial charge in [-0.1, -0.05) is 31.9 Å². The van der Waals surface area contributed by atoms with Crippen molar-refractivity contribution in [1.29, 1.82) is 0 Å². The van der Waals surface area contributed by atoms with Gasteiger partial charge in [-0.25, -0.2) is 4.39 Å². The Balaban J connectivity index is 2.58. The van der Waals surface area contributed by atoms with Gasteiger partial charge < -0.3 is 9.55 Å². The third-order valence-electron chi connectivity index (χ3n) is 3.01. The van der Waals surface area contributed by atoms with Crippen molar-refractivity contribution in [2.75, 3.05) is 0 Å². The molecule has 2 aromatic rings. The van der Waals surface area contributed by atoms with E-state index in [0.717, 1.165) is 24.0 Å². The summed E-state index contributed by atoms with van der Waals surface area (Å²) < 4.78 is 16.0. The highest BCUT2D eigenvalue weighted by Crippen LogP contribution is 2.23. The van der Waals surface area contributed by atoms with Crippen LogP contribution >= 0.6 is 23.8 Å². The molecule has 17 heavy (non-hydrogen) atoms. The predicted molar refractivity (Wildman–Crippen MR) is 71.5 cm³/mol. The standard InChI is InChI=1S/C12H14ClFN2S/c1-3-7(2)6-16-11-5-9(14)8(13)4-10(11)15-12(16)17/h4-5,7H,3,6H2,1-2H3,(H,15,17). The van der Waals surface area contributed by atoms with Crippen LogP contribution in [-0.4, -0.2) is 9.55 Å². The molecule has 0 aliphatic carbocycles. The first kappa shape index (κ1) is 12.6. The SMILES string of the molecule is CCC(C)Cn1c(=S)[nH]c2cc(Cl)c(F)cc21. The van der Waals surface area contributed by atoms with Crippen molar-refractivity contribution in [3.8, 4) is 0 Å². The lowest BCUT2D eigenvalue weighted by atomic mass is 10.1. The molecular formula is C12H14ClFN2S. The molecule has 0 saturated heterocycles. The van der Waals surface area contributed by atoms with Crippen LogP contribution in [0.2, 0.25) is 5.02 Å². The molecule has 0 aliphatic rings. The van der Waals surface area contributed by atoms with Crippen LogP contribution in [0, 0.1) is 16.5 Å². The number of nitrogens with zero attached hydrogens (tertiary/aromatic N) is 1. The molecule has 1 N–H and O–H groups in total. The number of benzene rings is 1. The second-order valence-electron chi connectivity index (χ2n) is 4.34. The number of imidazole rings is 1. The monoisotopic (exact) mass is 272 g/mol. The topological polar surface area (TPSA) is 20.7 Å². The summed E-state index contributed by atoms with van der Waals surface area (Å²) in [6.45, 7) is 5.06. The van der Waals surface area contributed by atoms with Gasteiger partial charge in [0.2, 0.25) is 0 Å². The Labute approximate surface area is 109 Å². The van der Waals surface area contributed by atoms with Gasteiger partial charge in [0.05, 0.1) is 16.1 Å². The van der Waals surface area contributed by atoms with Crippen LogP contribution in [0.1, 0.15) is 20.3 Å². The van der Waals surface area contributed by atoms with Crippen LogP contribution in [0.4, 0.5) is 4.39 Å². The normalized spacial score (nSPS) is 13.2. The Bertz CT molecular complexity index is 602. The summed E-state index contributed by atoms with van der Waals surface area (Å²) in [7, 11) is 0. The van der Waals surface area contributed by atoms with Crippen molar-refractivity contribution in [2.45, 2.75) is 26.8 Å². The molecule has 1 aromatic carbocycles. The maximum atomic E-state index is 13.5. The van der Waals surface area contributed by atoms with Crippen molar-refractivity contribution in [1.82, 2.24) is 9.55 Å². The van der Waals surface area contributed by atoms with E-state index in [1.54, 1.807) is 6.07 Å². The van der Waals surface area contributed by atoms with Gasteiger partial charge in [-0.05, 0) is 24.2 Å². The quantitative estimate of drug-likeness (QED) is 0.814. The lowest BCUT2D eigenvalue weighted by Gasteiger charge is -2.10. The van der Waals surface area contributed by atoms with Crippen LogP contribution in [-0.2, 0) is 6.54 Å². The van der Waals surface area contributed by atoms with Crippen LogP contribution in [0.3, 0.4) is 0 Å². The number of rotatable bonds is 3. The van der Waals surface area contributed by atoms with Crippen molar-refractivity contribution in [3.63, 3.8) is 0 Å². The fourth-order valence-electron chi connectivity index (χ4n) is 1.77. The molecule has 0 bridgehead atoms. The van der Waals surface area contributed by atoms with E-state index < -0.39 is 5.82 Å². The van der Waals surface area contributed by atoms with Crippen molar-refractivity contribution < 1.29 is 4.39 Å². The van der Waals surface area contributed by atoms with Gasteiger partial charge in [0.1, 0.15) is 5.82 Å². The van der Waals surface area contributed by atoms with E-state index in [1.165, 1.54) is 6.07 Å². The Morgan fingerprint density at radius 3 is 2.88 bits per heavy atom. The van der Waals surface area contributed by atoms with Crippen LogP contribution in [0.5, 0.6) is 0 Å². The second kappa shape index (κ2) is 4.78. The van der Waals surface area contributed by atoms with Gasteiger partial charge in [-0.3, -0.25) is 0 Å². The van der Waals surface area contributed by atoms with Gasteiger partial charge in [0, 0.05) is 12.6 Å². The molecule has 0 aliphatic heterocycles. The minimum absolute atomic E-state index is 0.115.